The van der Waals surface area contributed by atoms with E-state index in [0.717, 1.165) is 24.9 Å². The number of aliphatic hydroxyl groups excluding tert-OH is 1. The predicted octanol–water partition coefficient (Wildman–Crippen LogP) is 1.57. The maximum atomic E-state index is 12.5. The first-order valence-corrected chi connectivity index (χ1v) is 6.90. The summed E-state index contributed by atoms with van der Waals surface area (Å²) in [5.41, 5.74) is 7.87. The first-order chi connectivity index (χ1) is 9.47. The number of hydrogen-bond donors (Lipinski definition) is 2. The molecule has 1 rings (SSSR count). The summed E-state index contributed by atoms with van der Waals surface area (Å²) >= 11 is 0. The Morgan fingerprint density at radius 1 is 1.20 bits per heavy atom. The molecule has 0 unspecified atom stereocenters. The molecule has 3 N–H and O–H groups in total. The van der Waals surface area contributed by atoms with Gasteiger partial charge in [0.05, 0.1) is 5.56 Å². The minimum atomic E-state index is -0.0231. The van der Waals surface area contributed by atoms with Crippen molar-refractivity contribution in [3.8, 4) is 0 Å². The molecule has 0 radical (unpaired) electrons. The summed E-state index contributed by atoms with van der Waals surface area (Å²) < 4.78 is 0. The van der Waals surface area contributed by atoms with Gasteiger partial charge in [-0.25, -0.2) is 0 Å². The summed E-state index contributed by atoms with van der Waals surface area (Å²) in [7, 11) is 5.61. The first-order valence-electron chi connectivity index (χ1n) is 6.90. The van der Waals surface area contributed by atoms with Crippen molar-refractivity contribution in [3.05, 3.63) is 23.8 Å². The highest BCUT2D eigenvalue weighted by Crippen LogP contribution is 2.22. The molecule has 1 amide bonds. The van der Waals surface area contributed by atoms with E-state index in [9.17, 15) is 4.79 Å². The van der Waals surface area contributed by atoms with Gasteiger partial charge >= 0.3 is 0 Å². The van der Waals surface area contributed by atoms with Crippen LogP contribution in [-0.2, 0) is 0 Å². The second-order valence-electron chi connectivity index (χ2n) is 5.18. The van der Waals surface area contributed by atoms with Crippen molar-refractivity contribution in [2.24, 2.45) is 0 Å². The van der Waals surface area contributed by atoms with Crippen molar-refractivity contribution >= 4 is 17.3 Å². The SMILES string of the molecule is CN(CCCCCO)C(=O)c1cc(N)ccc1N(C)C. The van der Waals surface area contributed by atoms with Gasteiger partial charge in [0.1, 0.15) is 0 Å². The van der Waals surface area contributed by atoms with Gasteiger partial charge in [-0.1, -0.05) is 0 Å². The third-order valence-corrected chi connectivity index (χ3v) is 3.23. The normalized spacial score (nSPS) is 10.4. The zero-order chi connectivity index (χ0) is 15.1. The Kier molecular flexibility index (Phi) is 6.31. The Morgan fingerprint density at radius 3 is 2.50 bits per heavy atom. The number of carbonyl (C=O) groups excluding carboxylic acids is 1. The standard InChI is InChI=1S/C15H25N3O2/c1-17(2)14-8-7-12(16)11-13(14)15(20)18(3)9-5-4-6-10-19/h7-8,11,19H,4-6,9-10,16H2,1-3H3. The molecule has 1 aromatic rings. The van der Waals surface area contributed by atoms with Gasteiger partial charge in [-0.15, -0.1) is 0 Å². The van der Waals surface area contributed by atoms with Crippen molar-refractivity contribution in [1.82, 2.24) is 4.90 Å². The van der Waals surface area contributed by atoms with Gasteiger partial charge in [-0.05, 0) is 37.5 Å². The molecule has 5 heteroatoms. The molecule has 5 nitrogen and oxygen atoms in total. The van der Waals surface area contributed by atoms with Crippen molar-refractivity contribution in [3.63, 3.8) is 0 Å². The summed E-state index contributed by atoms with van der Waals surface area (Å²) in [5, 5.41) is 8.75. The second kappa shape index (κ2) is 7.75. The van der Waals surface area contributed by atoms with Crippen LogP contribution in [0.25, 0.3) is 0 Å². The number of unbranched alkanes of at least 4 members (excludes halogenated alkanes) is 2. The average Bonchev–Trinajstić information content (AvgIpc) is 2.42. The van der Waals surface area contributed by atoms with Crippen LogP contribution in [0.15, 0.2) is 18.2 Å². The van der Waals surface area contributed by atoms with E-state index in [2.05, 4.69) is 0 Å². The van der Waals surface area contributed by atoms with Gasteiger partial charge < -0.3 is 20.6 Å². The molecule has 0 aromatic heterocycles. The Balaban J connectivity index is 2.77. The number of amides is 1. The minimum absolute atomic E-state index is 0.0231. The number of anilines is 2. The number of aliphatic hydroxyl groups is 1. The van der Waals surface area contributed by atoms with Crippen LogP contribution in [0.3, 0.4) is 0 Å². The number of benzene rings is 1. The fourth-order valence-electron chi connectivity index (χ4n) is 2.06. The number of nitrogen functional groups attached to an aromatic ring is 1. The number of nitrogens with zero attached hydrogens (tertiary/aromatic N) is 2. The molecule has 0 fully saturated rings. The van der Waals surface area contributed by atoms with Crippen molar-refractivity contribution in [2.45, 2.75) is 19.3 Å². The van der Waals surface area contributed by atoms with Gasteiger partial charge in [0, 0.05) is 45.7 Å². The second-order valence-corrected chi connectivity index (χ2v) is 5.18. The highest BCUT2D eigenvalue weighted by atomic mass is 16.2. The molecule has 0 saturated heterocycles. The average molecular weight is 279 g/mol. The van der Waals surface area contributed by atoms with Crippen LogP contribution in [0.5, 0.6) is 0 Å². The molecule has 0 bridgehead atoms. The highest BCUT2D eigenvalue weighted by molar-refractivity contribution is 6.00. The summed E-state index contributed by atoms with van der Waals surface area (Å²) in [5.74, 6) is -0.0231. The lowest BCUT2D eigenvalue weighted by Crippen LogP contribution is -2.29. The lowest BCUT2D eigenvalue weighted by molar-refractivity contribution is 0.0793. The Morgan fingerprint density at radius 2 is 1.90 bits per heavy atom. The summed E-state index contributed by atoms with van der Waals surface area (Å²) in [6, 6.07) is 5.39. The lowest BCUT2D eigenvalue weighted by atomic mass is 10.1. The Hall–Kier alpha value is -1.75. The molecular formula is C15H25N3O2. The molecule has 0 aliphatic carbocycles. The molecule has 0 heterocycles. The third-order valence-electron chi connectivity index (χ3n) is 3.23. The number of rotatable bonds is 7. The quantitative estimate of drug-likeness (QED) is 0.587. The van der Waals surface area contributed by atoms with E-state index in [0.29, 0.717) is 17.8 Å². The fraction of sp³-hybridized carbons (Fsp3) is 0.533. The Labute approximate surface area is 121 Å². The van der Waals surface area contributed by atoms with E-state index in [4.69, 9.17) is 10.8 Å². The molecule has 20 heavy (non-hydrogen) atoms. The molecular weight excluding hydrogens is 254 g/mol. The summed E-state index contributed by atoms with van der Waals surface area (Å²) in [6.07, 6.45) is 2.59. The molecule has 0 aliphatic rings. The molecule has 0 saturated carbocycles. The van der Waals surface area contributed by atoms with Gasteiger partial charge in [-0.2, -0.15) is 0 Å². The maximum Gasteiger partial charge on any atom is 0.255 e. The smallest absolute Gasteiger partial charge is 0.255 e. The van der Waals surface area contributed by atoms with Gasteiger partial charge in [0.25, 0.3) is 5.91 Å². The van der Waals surface area contributed by atoms with E-state index in [-0.39, 0.29) is 12.5 Å². The lowest BCUT2D eigenvalue weighted by Gasteiger charge is -2.22. The predicted molar refractivity (Wildman–Crippen MR) is 83.1 cm³/mol. The first kappa shape index (κ1) is 16.3. The third kappa shape index (κ3) is 4.42. The monoisotopic (exact) mass is 279 g/mol. The number of nitrogens with two attached hydrogens (primary N) is 1. The van der Waals surface area contributed by atoms with Crippen LogP contribution in [-0.4, -0.2) is 50.2 Å². The van der Waals surface area contributed by atoms with Gasteiger partial charge in [-0.3, -0.25) is 4.79 Å². The van der Waals surface area contributed by atoms with Crippen LogP contribution in [0.2, 0.25) is 0 Å². The molecule has 112 valence electrons. The topological polar surface area (TPSA) is 69.8 Å². The molecule has 0 spiro atoms. The van der Waals surface area contributed by atoms with Crippen LogP contribution in [0.1, 0.15) is 29.6 Å². The summed E-state index contributed by atoms with van der Waals surface area (Å²) in [4.78, 5) is 16.1. The van der Waals surface area contributed by atoms with E-state index in [1.807, 2.05) is 25.1 Å². The van der Waals surface area contributed by atoms with Crippen molar-refractivity contribution in [1.29, 1.82) is 0 Å². The highest BCUT2D eigenvalue weighted by Gasteiger charge is 2.17. The summed E-state index contributed by atoms with van der Waals surface area (Å²) in [6.45, 7) is 0.887. The van der Waals surface area contributed by atoms with E-state index in [1.54, 1.807) is 24.1 Å². The van der Waals surface area contributed by atoms with Crippen molar-refractivity contribution < 1.29 is 9.90 Å². The van der Waals surface area contributed by atoms with Crippen LogP contribution in [0.4, 0.5) is 11.4 Å². The van der Waals surface area contributed by atoms with Crippen LogP contribution >= 0.6 is 0 Å². The maximum absolute atomic E-state index is 12.5. The fourth-order valence-corrected chi connectivity index (χ4v) is 2.06. The van der Waals surface area contributed by atoms with Crippen LogP contribution in [0, 0.1) is 0 Å². The van der Waals surface area contributed by atoms with E-state index < -0.39 is 0 Å². The van der Waals surface area contributed by atoms with Gasteiger partial charge in [0.2, 0.25) is 0 Å². The van der Waals surface area contributed by atoms with Crippen LogP contribution < -0.4 is 10.6 Å². The van der Waals surface area contributed by atoms with Crippen molar-refractivity contribution in [2.75, 3.05) is 44.9 Å². The molecule has 0 atom stereocenters. The molecule has 1 aromatic carbocycles. The number of carbonyl (C=O) groups is 1. The Bertz CT molecular complexity index is 447. The van der Waals surface area contributed by atoms with Gasteiger partial charge in [0.15, 0.2) is 0 Å². The van der Waals surface area contributed by atoms with E-state index >= 15 is 0 Å². The number of hydrogen-bond acceptors (Lipinski definition) is 4. The van der Waals surface area contributed by atoms with E-state index in [1.165, 1.54) is 0 Å². The minimum Gasteiger partial charge on any atom is -0.399 e. The largest absolute Gasteiger partial charge is 0.399 e. The zero-order valence-electron chi connectivity index (χ0n) is 12.6. The zero-order valence-corrected chi connectivity index (χ0v) is 12.6. The molecule has 0 aliphatic heterocycles.